The number of carboxylic acid groups (broad SMARTS) is 1. The molecule has 0 spiro atoms. The van der Waals surface area contributed by atoms with Crippen LogP contribution < -0.4 is 4.90 Å². The first kappa shape index (κ1) is 13.2. The molecule has 2 aliphatic rings. The second kappa shape index (κ2) is 5.28. The van der Waals surface area contributed by atoms with Crippen LogP contribution in [0.2, 0.25) is 0 Å². The quantitative estimate of drug-likeness (QED) is 0.855. The molecule has 1 N–H and O–H groups in total. The third-order valence-corrected chi connectivity index (χ3v) is 4.57. The molecule has 8 heteroatoms. The van der Waals surface area contributed by atoms with E-state index in [-0.39, 0.29) is 6.03 Å². The Balaban J connectivity index is 1.49. The van der Waals surface area contributed by atoms with Crippen LogP contribution >= 0.6 is 11.3 Å². The lowest BCUT2D eigenvalue weighted by Crippen LogP contribution is -2.60. The minimum atomic E-state index is -0.817. The number of rotatable bonds is 2. The Morgan fingerprint density at radius 2 is 1.90 bits per heavy atom. The number of anilines is 1. The summed E-state index contributed by atoms with van der Waals surface area (Å²) in [5, 5.41) is 11.8. The number of carbonyl (C=O) groups excluding carboxylic acids is 1. The maximum atomic E-state index is 12.2. The van der Waals surface area contributed by atoms with Crippen molar-refractivity contribution in [2.75, 3.05) is 44.2 Å². The van der Waals surface area contributed by atoms with Crippen molar-refractivity contribution < 1.29 is 14.7 Å². The SMILES string of the molecule is O=C(O)C1CN(C(=O)N2CCN(c3nccs3)CC2)C1. The Kier molecular flexibility index (Phi) is 3.47. The molecule has 0 atom stereocenters. The summed E-state index contributed by atoms with van der Waals surface area (Å²) in [6.07, 6.45) is 1.78. The molecular formula is C12H16N4O3S. The van der Waals surface area contributed by atoms with E-state index in [1.54, 1.807) is 27.3 Å². The monoisotopic (exact) mass is 296 g/mol. The smallest absolute Gasteiger partial charge is 0.320 e. The molecule has 0 radical (unpaired) electrons. The third kappa shape index (κ3) is 2.43. The number of hydrogen-bond donors (Lipinski definition) is 1. The fraction of sp³-hybridized carbons (Fsp3) is 0.583. The largest absolute Gasteiger partial charge is 0.481 e. The number of thiazole rings is 1. The van der Waals surface area contributed by atoms with Crippen LogP contribution in [0.5, 0.6) is 0 Å². The number of carbonyl (C=O) groups is 2. The topological polar surface area (TPSA) is 77.0 Å². The van der Waals surface area contributed by atoms with Crippen molar-refractivity contribution in [3.63, 3.8) is 0 Å². The van der Waals surface area contributed by atoms with Gasteiger partial charge >= 0.3 is 12.0 Å². The summed E-state index contributed by atoms with van der Waals surface area (Å²) in [5.74, 6) is -1.21. The molecule has 0 bridgehead atoms. The number of aromatic nitrogens is 1. The second-order valence-electron chi connectivity index (χ2n) is 5.01. The molecule has 1 aromatic heterocycles. The highest BCUT2D eigenvalue weighted by Gasteiger charge is 2.38. The number of likely N-dealkylation sites (tertiary alicyclic amines) is 1. The zero-order valence-electron chi connectivity index (χ0n) is 10.9. The molecule has 0 saturated carbocycles. The van der Waals surface area contributed by atoms with Crippen molar-refractivity contribution in [2.24, 2.45) is 5.92 Å². The lowest BCUT2D eigenvalue weighted by Gasteiger charge is -2.42. The molecule has 0 aliphatic carbocycles. The maximum Gasteiger partial charge on any atom is 0.320 e. The Labute approximate surface area is 120 Å². The Bertz CT molecular complexity index is 493. The van der Waals surface area contributed by atoms with Crippen LogP contribution in [-0.4, -0.2) is 71.2 Å². The van der Waals surface area contributed by atoms with E-state index in [0.29, 0.717) is 26.2 Å². The second-order valence-corrected chi connectivity index (χ2v) is 5.88. The van der Waals surface area contributed by atoms with Gasteiger partial charge in [-0.1, -0.05) is 0 Å². The van der Waals surface area contributed by atoms with Crippen molar-refractivity contribution in [1.29, 1.82) is 0 Å². The van der Waals surface area contributed by atoms with Gasteiger partial charge < -0.3 is 19.8 Å². The number of amides is 2. The van der Waals surface area contributed by atoms with E-state index in [4.69, 9.17) is 5.11 Å². The fourth-order valence-electron chi connectivity index (χ4n) is 2.45. The summed E-state index contributed by atoms with van der Waals surface area (Å²) < 4.78 is 0. The predicted octanol–water partition coefficient (Wildman–Crippen LogP) is 0.401. The number of aliphatic carboxylic acids is 1. The number of hydrogen-bond acceptors (Lipinski definition) is 5. The molecule has 0 aromatic carbocycles. The van der Waals surface area contributed by atoms with Gasteiger partial charge in [0.15, 0.2) is 5.13 Å². The molecule has 2 saturated heterocycles. The third-order valence-electron chi connectivity index (χ3n) is 3.74. The van der Waals surface area contributed by atoms with E-state index >= 15 is 0 Å². The summed E-state index contributed by atoms with van der Waals surface area (Å²) in [4.78, 5) is 32.7. The average Bonchev–Trinajstić information content (AvgIpc) is 2.90. The van der Waals surface area contributed by atoms with Gasteiger partial charge in [-0.25, -0.2) is 9.78 Å². The van der Waals surface area contributed by atoms with Gasteiger partial charge in [-0.05, 0) is 0 Å². The first-order chi connectivity index (χ1) is 9.65. The van der Waals surface area contributed by atoms with Gasteiger partial charge in [-0.15, -0.1) is 11.3 Å². The lowest BCUT2D eigenvalue weighted by atomic mass is 10.0. The highest BCUT2D eigenvalue weighted by molar-refractivity contribution is 7.13. The minimum Gasteiger partial charge on any atom is -0.481 e. The summed E-state index contributed by atoms with van der Waals surface area (Å²) >= 11 is 1.60. The van der Waals surface area contributed by atoms with E-state index in [0.717, 1.165) is 18.2 Å². The number of nitrogens with zero attached hydrogens (tertiary/aromatic N) is 4. The zero-order chi connectivity index (χ0) is 14.1. The molecule has 0 unspecified atom stereocenters. The summed E-state index contributed by atoms with van der Waals surface area (Å²) in [7, 11) is 0. The Hall–Kier alpha value is -1.83. The van der Waals surface area contributed by atoms with E-state index in [1.165, 1.54) is 0 Å². The first-order valence-electron chi connectivity index (χ1n) is 6.56. The molecule has 108 valence electrons. The van der Waals surface area contributed by atoms with Crippen LogP contribution in [0, 0.1) is 5.92 Å². The van der Waals surface area contributed by atoms with Crippen LogP contribution in [0.3, 0.4) is 0 Å². The zero-order valence-corrected chi connectivity index (χ0v) is 11.8. The van der Waals surface area contributed by atoms with Gasteiger partial charge in [0.1, 0.15) is 0 Å². The molecule has 3 rings (SSSR count). The van der Waals surface area contributed by atoms with E-state index in [1.807, 2.05) is 5.38 Å². The van der Waals surface area contributed by atoms with Gasteiger partial charge in [-0.3, -0.25) is 4.79 Å². The molecule has 7 nitrogen and oxygen atoms in total. The van der Waals surface area contributed by atoms with Gasteiger partial charge in [0.05, 0.1) is 5.92 Å². The highest BCUT2D eigenvalue weighted by Crippen LogP contribution is 2.21. The molecule has 3 heterocycles. The van der Waals surface area contributed by atoms with Gasteiger partial charge in [0.25, 0.3) is 0 Å². The van der Waals surface area contributed by atoms with Gasteiger partial charge in [0.2, 0.25) is 0 Å². The van der Waals surface area contributed by atoms with Crippen molar-refractivity contribution >= 4 is 28.5 Å². The molecule has 2 amide bonds. The molecule has 2 aliphatic heterocycles. The standard InChI is InChI=1S/C12H16N4O3S/c17-10(18)9-7-16(8-9)12(19)15-4-2-14(3-5-15)11-13-1-6-20-11/h1,6,9H,2-5,7-8H2,(H,17,18). The molecular weight excluding hydrogens is 280 g/mol. The summed E-state index contributed by atoms with van der Waals surface area (Å²) in [5.41, 5.74) is 0. The van der Waals surface area contributed by atoms with Crippen molar-refractivity contribution in [1.82, 2.24) is 14.8 Å². The van der Waals surface area contributed by atoms with E-state index < -0.39 is 11.9 Å². The Morgan fingerprint density at radius 3 is 2.45 bits per heavy atom. The number of urea groups is 1. The normalized spacial score (nSPS) is 19.9. The van der Waals surface area contributed by atoms with E-state index in [2.05, 4.69) is 9.88 Å². The minimum absolute atomic E-state index is 0.0405. The maximum absolute atomic E-state index is 12.2. The fourth-order valence-corrected chi connectivity index (χ4v) is 3.15. The Morgan fingerprint density at radius 1 is 1.20 bits per heavy atom. The van der Waals surface area contributed by atoms with Crippen LogP contribution in [0.1, 0.15) is 0 Å². The van der Waals surface area contributed by atoms with Crippen LogP contribution in [0.15, 0.2) is 11.6 Å². The van der Waals surface area contributed by atoms with Gasteiger partial charge in [0, 0.05) is 50.8 Å². The number of carboxylic acids is 1. The summed E-state index contributed by atoms with van der Waals surface area (Å²) in [6, 6.07) is -0.0405. The van der Waals surface area contributed by atoms with Crippen molar-refractivity contribution in [3.05, 3.63) is 11.6 Å². The lowest BCUT2D eigenvalue weighted by molar-refractivity contribution is -0.146. The van der Waals surface area contributed by atoms with E-state index in [9.17, 15) is 9.59 Å². The summed E-state index contributed by atoms with van der Waals surface area (Å²) in [6.45, 7) is 3.53. The molecule has 2 fully saturated rings. The van der Waals surface area contributed by atoms with Gasteiger partial charge in [-0.2, -0.15) is 0 Å². The van der Waals surface area contributed by atoms with Crippen molar-refractivity contribution in [3.8, 4) is 0 Å². The van der Waals surface area contributed by atoms with Crippen molar-refractivity contribution in [2.45, 2.75) is 0 Å². The number of piperazine rings is 1. The average molecular weight is 296 g/mol. The first-order valence-corrected chi connectivity index (χ1v) is 7.44. The highest BCUT2D eigenvalue weighted by atomic mass is 32.1. The predicted molar refractivity (Wildman–Crippen MR) is 74.0 cm³/mol. The van der Waals surface area contributed by atoms with Crippen LogP contribution in [0.25, 0.3) is 0 Å². The van der Waals surface area contributed by atoms with Crippen LogP contribution in [-0.2, 0) is 4.79 Å². The molecule has 20 heavy (non-hydrogen) atoms. The van der Waals surface area contributed by atoms with Crippen LogP contribution in [0.4, 0.5) is 9.93 Å². The molecule has 1 aromatic rings.